The van der Waals surface area contributed by atoms with Crippen molar-refractivity contribution in [3.05, 3.63) is 43.7 Å². The van der Waals surface area contributed by atoms with Crippen LogP contribution in [-0.4, -0.2) is 10.2 Å². The van der Waals surface area contributed by atoms with Gasteiger partial charge in [-0.3, -0.25) is 0 Å². The fraction of sp³-hybridized carbons (Fsp3) is 0. The molecule has 0 atom stereocenters. The summed E-state index contributed by atoms with van der Waals surface area (Å²) in [5.41, 5.74) is 1.73. The van der Waals surface area contributed by atoms with Crippen LogP contribution in [0.2, 0.25) is 0 Å². The molecule has 2 rings (SSSR count). The highest BCUT2D eigenvalue weighted by molar-refractivity contribution is 9.13. The molecule has 0 saturated heterocycles. The van der Waals surface area contributed by atoms with E-state index in [1.807, 2.05) is 12.1 Å². The number of phenolic OH excluding ortho intramolecular Hbond substituents is 2. The van der Waals surface area contributed by atoms with Gasteiger partial charge in [-0.15, -0.1) is 0 Å². The zero-order valence-electron chi connectivity index (χ0n) is 8.42. The molecular weight excluding hydrogens is 416 g/mol. The first-order chi connectivity index (χ1) is 7.99. The van der Waals surface area contributed by atoms with E-state index in [0.717, 1.165) is 24.5 Å². The third-order valence-electron chi connectivity index (χ3n) is 2.28. The van der Waals surface area contributed by atoms with E-state index >= 15 is 0 Å². The number of hydrogen-bond acceptors (Lipinski definition) is 2. The van der Waals surface area contributed by atoms with Crippen molar-refractivity contribution in [3.8, 4) is 22.6 Å². The second-order valence-corrected chi connectivity index (χ2v) is 6.02. The zero-order chi connectivity index (χ0) is 12.6. The molecule has 2 N–H and O–H groups in total. The summed E-state index contributed by atoms with van der Waals surface area (Å²) in [6.07, 6.45) is 0. The fourth-order valence-corrected chi connectivity index (χ4v) is 3.14. The number of benzene rings is 2. The second-order valence-electron chi connectivity index (χ2n) is 3.45. The van der Waals surface area contributed by atoms with E-state index in [9.17, 15) is 10.2 Å². The molecule has 0 aromatic heterocycles. The Hall–Kier alpha value is -0.520. The SMILES string of the molecule is Oc1ccc(-c2cc(Br)cc(Br)c2Br)cc1O. The van der Waals surface area contributed by atoms with Gasteiger partial charge in [0.1, 0.15) is 0 Å². The molecule has 0 unspecified atom stereocenters. The lowest BCUT2D eigenvalue weighted by Gasteiger charge is -2.09. The zero-order valence-corrected chi connectivity index (χ0v) is 13.2. The molecule has 0 spiro atoms. The first-order valence-corrected chi connectivity index (χ1v) is 7.04. The molecule has 2 aromatic carbocycles. The average Bonchev–Trinajstić information content (AvgIpc) is 2.27. The summed E-state index contributed by atoms with van der Waals surface area (Å²) < 4.78 is 2.73. The molecule has 0 bridgehead atoms. The van der Waals surface area contributed by atoms with Crippen LogP contribution in [0.15, 0.2) is 43.7 Å². The van der Waals surface area contributed by atoms with Gasteiger partial charge in [-0.1, -0.05) is 22.0 Å². The molecular formula is C12H7Br3O2. The molecule has 0 saturated carbocycles. The van der Waals surface area contributed by atoms with E-state index in [1.54, 1.807) is 6.07 Å². The van der Waals surface area contributed by atoms with Crippen molar-refractivity contribution in [2.24, 2.45) is 0 Å². The molecule has 88 valence electrons. The first kappa shape index (κ1) is 12.9. The Bertz CT molecular complexity index is 582. The minimum Gasteiger partial charge on any atom is -0.504 e. The maximum atomic E-state index is 9.50. The average molecular weight is 423 g/mol. The molecule has 0 aliphatic rings. The van der Waals surface area contributed by atoms with E-state index in [1.165, 1.54) is 12.1 Å². The van der Waals surface area contributed by atoms with Crippen molar-refractivity contribution in [1.82, 2.24) is 0 Å². The van der Waals surface area contributed by atoms with E-state index in [4.69, 9.17) is 0 Å². The number of rotatable bonds is 1. The predicted molar refractivity (Wildman–Crippen MR) is 78.3 cm³/mol. The molecule has 2 aromatic rings. The van der Waals surface area contributed by atoms with Crippen molar-refractivity contribution >= 4 is 47.8 Å². The van der Waals surface area contributed by atoms with Gasteiger partial charge in [-0.25, -0.2) is 0 Å². The van der Waals surface area contributed by atoms with Crippen LogP contribution in [0.3, 0.4) is 0 Å². The van der Waals surface area contributed by atoms with Gasteiger partial charge in [-0.2, -0.15) is 0 Å². The van der Waals surface area contributed by atoms with E-state index in [2.05, 4.69) is 47.8 Å². The van der Waals surface area contributed by atoms with Crippen LogP contribution in [0.25, 0.3) is 11.1 Å². The molecule has 0 radical (unpaired) electrons. The maximum absolute atomic E-state index is 9.50. The number of aromatic hydroxyl groups is 2. The van der Waals surface area contributed by atoms with E-state index in [-0.39, 0.29) is 11.5 Å². The van der Waals surface area contributed by atoms with Gasteiger partial charge in [0, 0.05) is 13.4 Å². The van der Waals surface area contributed by atoms with Crippen LogP contribution in [-0.2, 0) is 0 Å². The van der Waals surface area contributed by atoms with E-state index < -0.39 is 0 Å². The van der Waals surface area contributed by atoms with Crippen LogP contribution < -0.4 is 0 Å². The van der Waals surface area contributed by atoms with Gasteiger partial charge >= 0.3 is 0 Å². The van der Waals surface area contributed by atoms with Crippen LogP contribution >= 0.6 is 47.8 Å². The van der Waals surface area contributed by atoms with Crippen LogP contribution in [0, 0.1) is 0 Å². The lowest BCUT2D eigenvalue weighted by atomic mass is 10.1. The Morgan fingerprint density at radius 2 is 1.53 bits per heavy atom. The standard InChI is InChI=1S/C12H7Br3O2/c13-7-4-8(12(15)9(14)5-7)6-1-2-10(16)11(17)3-6/h1-5,16-17H. The Morgan fingerprint density at radius 3 is 2.18 bits per heavy atom. The minimum atomic E-state index is -0.134. The molecule has 0 heterocycles. The minimum absolute atomic E-state index is 0.126. The van der Waals surface area contributed by atoms with E-state index in [0.29, 0.717) is 0 Å². The second kappa shape index (κ2) is 5.00. The summed E-state index contributed by atoms with van der Waals surface area (Å²) in [5, 5.41) is 18.8. The Kier molecular flexibility index (Phi) is 3.80. The predicted octanol–water partition coefficient (Wildman–Crippen LogP) is 5.05. The molecule has 17 heavy (non-hydrogen) atoms. The first-order valence-electron chi connectivity index (χ1n) is 4.66. The summed E-state index contributed by atoms with van der Waals surface area (Å²) in [5.74, 6) is -0.260. The van der Waals surface area contributed by atoms with Gasteiger partial charge in [-0.05, 0) is 67.3 Å². The number of hydrogen-bond donors (Lipinski definition) is 2. The maximum Gasteiger partial charge on any atom is 0.158 e. The summed E-state index contributed by atoms with van der Waals surface area (Å²) in [4.78, 5) is 0. The lowest BCUT2D eigenvalue weighted by molar-refractivity contribution is 0.404. The molecule has 0 aliphatic carbocycles. The third-order valence-corrected chi connectivity index (χ3v) is 4.75. The van der Waals surface area contributed by atoms with Crippen LogP contribution in [0.5, 0.6) is 11.5 Å². The van der Waals surface area contributed by atoms with Gasteiger partial charge in [0.05, 0.1) is 0 Å². The normalized spacial score (nSPS) is 10.5. The highest BCUT2D eigenvalue weighted by atomic mass is 79.9. The Labute approximate surface area is 124 Å². The monoisotopic (exact) mass is 420 g/mol. The fourth-order valence-electron chi connectivity index (χ4n) is 1.46. The lowest BCUT2D eigenvalue weighted by Crippen LogP contribution is -1.82. The van der Waals surface area contributed by atoms with Gasteiger partial charge in [0.15, 0.2) is 11.5 Å². The molecule has 0 aliphatic heterocycles. The summed E-state index contributed by atoms with van der Waals surface area (Å²) in [7, 11) is 0. The number of halogens is 3. The number of phenols is 2. The molecule has 0 amide bonds. The van der Waals surface area contributed by atoms with Gasteiger partial charge in [0.25, 0.3) is 0 Å². The molecule has 5 heteroatoms. The molecule has 0 fully saturated rings. The third kappa shape index (κ3) is 2.67. The Morgan fingerprint density at radius 1 is 0.824 bits per heavy atom. The van der Waals surface area contributed by atoms with Gasteiger partial charge < -0.3 is 10.2 Å². The quantitative estimate of drug-likeness (QED) is 0.498. The van der Waals surface area contributed by atoms with Gasteiger partial charge in [0.2, 0.25) is 0 Å². The largest absolute Gasteiger partial charge is 0.504 e. The highest BCUT2D eigenvalue weighted by Gasteiger charge is 2.10. The molecule has 2 nitrogen and oxygen atoms in total. The highest BCUT2D eigenvalue weighted by Crippen LogP contribution is 2.39. The van der Waals surface area contributed by atoms with Crippen molar-refractivity contribution in [1.29, 1.82) is 0 Å². The summed E-state index contributed by atoms with van der Waals surface area (Å²) in [6.45, 7) is 0. The summed E-state index contributed by atoms with van der Waals surface area (Å²) in [6, 6.07) is 8.59. The van der Waals surface area contributed by atoms with Crippen LogP contribution in [0.4, 0.5) is 0 Å². The Balaban J connectivity index is 2.64. The topological polar surface area (TPSA) is 40.5 Å². The van der Waals surface area contributed by atoms with Crippen molar-refractivity contribution in [2.75, 3.05) is 0 Å². The van der Waals surface area contributed by atoms with Crippen molar-refractivity contribution < 1.29 is 10.2 Å². The van der Waals surface area contributed by atoms with Crippen molar-refractivity contribution in [2.45, 2.75) is 0 Å². The van der Waals surface area contributed by atoms with Crippen molar-refractivity contribution in [3.63, 3.8) is 0 Å². The summed E-state index contributed by atoms with van der Waals surface area (Å²) >= 11 is 10.3. The smallest absolute Gasteiger partial charge is 0.158 e. The van der Waals surface area contributed by atoms with Crippen LogP contribution in [0.1, 0.15) is 0 Å².